The lowest BCUT2D eigenvalue weighted by atomic mass is 10.1. The van der Waals surface area contributed by atoms with Gasteiger partial charge in [-0.1, -0.05) is 6.07 Å². The first kappa shape index (κ1) is 16.0. The summed E-state index contributed by atoms with van der Waals surface area (Å²) in [7, 11) is 0. The Labute approximate surface area is 139 Å². The van der Waals surface area contributed by atoms with Crippen molar-refractivity contribution in [2.24, 2.45) is 0 Å². The minimum absolute atomic E-state index is 0.0319. The van der Waals surface area contributed by atoms with Crippen molar-refractivity contribution < 1.29 is 13.9 Å². The minimum Gasteiger partial charge on any atom is -0.465 e. The number of fused-ring (bicyclic) bond motifs is 1. The predicted molar refractivity (Wildman–Crippen MR) is 90.4 cm³/mol. The molecule has 6 heteroatoms. The summed E-state index contributed by atoms with van der Waals surface area (Å²) in [4.78, 5) is 16.3. The highest BCUT2D eigenvalue weighted by molar-refractivity contribution is 5.81. The topological polar surface area (TPSA) is 55.6 Å². The fraction of sp³-hybridized carbons (Fsp3) is 0.222. The number of hydrogen-bond donors (Lipinski definition) is 1. The Morgan fingerprint density at radius 2 is 2.00 bits per heavy atom. The van der Waals surface area contributed by atoms with Crippen LogP contribution in [0.15, 0.2) is 42.5 Å². The highest BCUT2D eigenvalue weighted by atomic mass is 19.1. The zero-order valence-corrected chi connectivity index (χ0v) is 13.5. The Morgan fingerprint density at radius 1 is 1.25 bits per heavy atom. The molecule has 0 spiro atoms. The van der Waals surface area contributed by atoms with Crippen LogP contribution < -0.4 is 5.32 Å². The van der Waals surface area contributed by atoms with Crippen LogP contribution in [0.2, 0.25) is 0 Å². The lowest BCUT2D eigenvalue weighted by Crippen LogP contribution is -2.18. The van der Waals surface area contributed by atoms with Crippen LogP contribution in [0.1, 0.15) is 12.6 Å². The summed E-state index contributed by atoms with van der Waals surface area (Å²) in [6.07, 6.45) is 0. The number of esters is 1. The second-order valence-electron chi connectivity index (χ2n) is 5.34. The van der Waals surface area contributed by atoms with Crippen LogP contribution in [0, 0.1) is 12.7 Å². The first-order valence-corrected chi connectivity index (χ1v) is 7.73. The van der Waals surface area contributed by atoms with Gasteiger partial charge in [0.25, 0.3) is 0 Å². The first-order valence-electron chi connectivity index (χ1n) is 7.73. The van der Waals surface area contributed by atoms with Crippen molar-refractivity contribution in [2.45, 2.75) is 13.8 Å². The van der Waals surface area contributed by atoms with E-state index < -0.39 is 0 Å². The molecule has 2 aromatic heterocycles. The van der Waals surface area contributed by atoms with E-state index in [9.17, 15) is 9.18 Å². The number of carbonyl (C=O) groups is 1. The summed E-state index contributed by atoms with van der Waals surface area (Å²) in [5, 5.41) is 3.11. The van der Waals surface area contributed by atoms with Gasteiger partial charge in [-0.2, -0.15) is 0 Å². The van der Waals surface area contributed by atoms with E-state index in [1.165, 1.54) is 12.1 Å². The average Bonchev–Trinajstić information content (AvgIpc) is 2.94. The molecule has 0 saturated heterocycles. The Kier molecular flexibility index (Phi) is 4.46. The summed E-state index contributed by atoms with van der Waals surface area (Å²) in [5.74, 6) is 0.0357. The van der Waals surface area contributed by atoms with Gasteiger partial charge in [-0.3, -0.25) is 9.20 Å². The van der Waals surface area contributed by atoms with Crippen molar-refractivity contribution in [1.82, 2.24) is 9.38 Å². The molecule has 0 amide bonds. The lowest BCUT2D eigenvalue weighted by Gasteiger charge is -2.10. The van der Waals surface area contributed by atoms with Gasteiger partial charge in [0.15, 0.2) is 0 Å². The smallest absolute Gasteiger partial charge is 0.325 e. The number of benzene rings is 1. The van der Waals surface area contributed by atoms with Crippen LogP contribution >= 0.6 is 0 Å². The van der Waals surface area contributed by atoms with Crippen molar-refractivity contribution in [1.29, 1.82) is 0 Å². The van der Waals surface area contributed by atoms with E-state index in [0.717, 1.165) is 16.9 Å². The summed E-state index contributed by atoms with van der Waals surface area (Å²) in [6, 6.07) is 11.9. The highest BCUT2D eigenvalue weighted by Crippen LogP contribution is 2.29. The molecule has 0 atom stereocenters. The predicted octanol–water partition coefficient (Wildman–Crippen LogP) is 3.42. The Hall–Kier alpha value is -2.89. The van der Waals surface area contributed by atoms with Gasteiger partial charge >= 0.3 is 5.97 Å². The normalized spacial score (nSPS) is 10.8. The first-order chi connectivity index (χ1) is 11.6. The summed E-state index contributed by atoms with van der Waals surface area (Å²) in [6.45, 7) is 4.08. The standard InChI is InChI=1S/C18H18FN3O2/c1-3-24-16(23)11-20-18-17(13-7-9-14(19)10-8-13)21-15-6-4-5-12(2)22(15)18/h4-10,20H,3,11H2,1-2H3. The third-order valence-corrected chi connectivity index (χ3v) is 3.66. The van der Waals surface area contributed by atoms with Crippen molar-refractivity contribution >= 4 is 17.4 Å². The molecule has 124 valence electrons. The van der Waals surface area contributed by atoms with Crippen LogP contribution in [0.4, 0.5) is 10.2 Å². The van der Waals surface area contributed by atoms with E-state index in [1.54, 1.807) is 19.1 Å². The van der Waals surface area contributed by atoms with Crippen LogP contribution in [0.3, 0.4) is 0 Å². The number of pyridine rings is 1. The van der Waals surface area contributed by atoms with Crippen molar-refractivity contribution in [3.63, 3.8) is 0 Å². The number of carbonyl (C=O) groups excluding carboxylic acids is 1. The van der Waals surface area contributed by atoms with Crippen molar-refractivity contribution in [3.8, 4) is 11.3 Å². The molecular weight excluding hydrogens is 309 g/mol. The van der Waals surface area contributed by atoms with Gasteiger partial charge in [-0.05, 0) is 50.2 Å². The number of anilines is 1. The molecule has 0 radical (unpaired) electrons. The SMILES string of the molecule is CCOC(=O)CNc1c(-c2ccc(F)cc2)nc2cccc(C)n12. The number of nitrogens with one attached hydrogen (secondary N) is 1. The van der Waals surface area contributed by atoms with Gasteiger partial charge in [0.2, 0.25) is 0 Å². The molecule has 0 bridgehead atoms. The van der Waals surface area contributed by atoms with Gasteiger partial charge in [0, 0.05) is 11.3 Å². The lowest BCUT2D eigenvalue weighted by molar-refractivity contribution is -0.140. The molecule has 1 aromatic carbocycles. The quantitative estimate of drug-likeness (QED) is 0.730. The Bertz CT molecular complexity index is 872. The highest BCUT2D eigenvalue weighted by Gasteiger charge is 2.16. The maximum Gasteiger partial charge on any atom is 0.325 e. The molecule has 0 unspecified atom stereocenters. The number of rotatable bonds is 5. The molecule has 0 fully saturated rings. The van der Waals surface area contributed by atoms with Gasteiger partial charge in [-0.25, -0.2) is 9.37 Å². The van der Waals surface area contributed by atoms with Crippen LogP contribution in [-0.2, 0) is 9.53 Å². The number of aryl methyl sites for hydroxylation is 1. The number of aromatic nitrogens is 2. The molecule has 0 aliphatic rings. The molecule has 1 N–H and O–H groups in total. The molecule has 24 heavy (non-hydrogen) atoms. The molecular formula is C18H18FN3O2. The molecule has 0 saturated carbocycles. The summed E-state index contributed by atoms with van der Waals surface area (Å²) < 4.78 is 20.1. The number of hydrogen-bond acceptors (Lipinski definition) is 4. The zero-order chi connectivity index (χ0) is 17.1. The second-order valence-corrected chi connectivity index (χ2v) is 5.34. The van der Waals surface area contributed by atoms with E-state index in [-0.39, 0.29) is 18.3 Å². The van der Waals surface area contributed by atoms with Crippen LogP contribution in [0.5, 0.6) is 0 Å². The van der Waals surface area contributed by atoms with E-state index in [1.807, 2.05) is 29.5 Å². The van der Waals surface area contributed by atoms with Crippen molar-refractivity contribution in [3.05, 3.63) is 54.0 Å². The molecule has 2 heterocycles. The monoisotopic (exact) mass is 327 g/mol. The fourth-order valence-electron chi connectivity index (χ4n) is 2.59. The maximum absolute atomic E-state index is 13.2. The zero-order valence-electron chi connectivity index (χ0n) is 13.5. The fourth-order valence-corrected chi connectivity index (χ4v) is 2.59. The molecule has 5 nitrogen and oxygen atoms in total. The largest absolute Gasteiger partial charge is 0.465 e. The van der Waals surface area contributed by atoms with Gasteiger partial charge in [-0.15, -0.1) is 0 Å². The van der Waals surface area contributed by atoms with Gasteiger partial charge < -0.3 is 10.1 Å². The van der Waals surface area contributed by atoms with Crippen LogP contribution in [-0.4, -0.2) is 28.5 Å². The molecule has 0 aliphatic heterocycles. The van der Waals surface area contributed by atoms with E-state index in [2.05, 4.69) is 10.3 Å². The Morgan fingerprint density at radius 3 is 2.71 bits per heavy atom. The van der Waals surface area contributed by atoms with Crippen molar-refractivity contribution in [2.75, 3.05) is 18.5 Å². The molecule has 3 aromatic rings. The van der Waals surface area contributed by atoms with Gasteiger partial charge in [0.05, 0.1) is 6.61 Å². The molecule has 3 rings (SSSR count). The number of imidazole rings is 1. The maximum atomic E-state index is 13.2. The van der Waals surface area contributed by atoms with E-state index in [0.29, 0.717) is 18.1 Å². The minimum atomic E-state index is -0.342. The number of halogens is 1. The summed E-state index contributed by atoms with van der Waals surface area (Å²) in [5.41, 5.74) is 3.15. The molecule has 0 aliphatic carbocycles. The second kappa shape index (κ2) is 6.70. The third kappa shape index (κ3) is 3.08. The van der Waals surface area contributed by atoms with Gasteiger partial charge in [0.1, 0.15) is 29.5 Å². The Balaban J connectivity index is 2.07. The number of nitrogens with zero attached hydrogens (tertiary/aromatic N) is 2. The number of ether oxygens (including phenoxy) is 1. The average molecular weight is 327 g/mol. The third-order valence-electron chi connectivity index (χ3n) is 3.66. The van der Waals surface area contributed by atoms with Crippen LogP contribution in [0.25, 0.3) is 16.9 Å². The van der Waals surface area contributed by atoms with E-state index >= 15 is 0 Å². The van der Waals surface area contributed by atoms with E-state index in [4.69, 9.17) is 4.74 Å². The summed E-state index contributed by atoms with van der Waals surface area (Å²) >= 11 is 0.